The van der Waals surface area contributed by atoms with Crippen LogP contribution in [0.1, 0.15) is 12.8 Å². The molecule has 2 heterocycles. The Bertz CT molecular complexity index is 1600. The largest absolute Gasteiger partial charge is 0.497 e. The van der Waals surface area contributed by atoms with Crippen LogP contribution in [0.15, 0.2) is 82.8 Å². The molecule has 0 spiro atoms. The van der Waals surface area contributed by atoms with Gasteiger partial charge in [0, 0.05) is 30.4 Å². The van der Waals surface area contributed by atoms with E-state index < -0.39 is 10.0 Å². The Morgan fingerprint density at radius 3 is 2.45 bits per heavy atom. The van der Waals surface area contributed by atoms with Crippen LogP contribution in [0.4, 0.5) is 5.69 Å². The van der Waals surface area contributed by atoms with Gasteiger partial charge in [-0.15, -0.1) is 10.2 Å². The van der Waals surface area contributed by atoms with E-state index in [0.717, 1.165) is 18.5 Å². The average Bonchev–Trinajstić information content (AvgIpc) is 3.68. The van der Waals surface area contributed by atoms with E-state index in [1.54, 1.807) is 43.5 Å². The highest BCUT2D eigenvalue weighted by Crippen LogP contribution is 2.32. The van der Waals surface area contributed by atoms with Crippen LogP contribution in [0, 0.1) is 0 Å². The zero-order chi connectivity index (χ0) is 28.1. The van der Waals surface area contributed by atoms with E-state index in [1.807, 2.05) is 41.0 Å². The molecule has 0 atom stereocenters. The van der Waals surface area contributed by atoms with Crippen LogP contribution < -0.4 is 14.8 Å². The highest BCUT2D eigenvalue weighted by Gasteiger charge is 2.28. The van der Waals surface area contributed by atoms with E-state index in [4.69, 9.17) is 9.47 Å². The molecule has 3 aromatic carbocycles. The van der Waals surface area contributed by atoms with Crippen molar-refractivity contribution in [1.82, 2.24) is 19.1 Å². The number of thioether (sulfide) groups is 1. The summed E-state index contributed by atoms with van der Waals surface area (Å²) in [6.07, 6.45) is 1.72. The van der Waals surface area contributed by atoms with E-state index in [0.29, 0.717) is 46.8 Å². The number of carbonyl (C=O) groups excluding carboxylic acids is 1. The zero-order valence-electron chi connectivity index (χ0n) is 22.1. The highest BCUT2D eigenvalue weighted by molar-refractivity contribution is 7.99. The highest BCUT2D eigenvalue weighted by atomic mass is 32.2. The van der Waals surface area contributed by atoms with Gasteiger partial charge < -0.3 is 14.8 Å². The summed E-state index contributed by atoms with van der Waals surface area (Å²) in [4.78, 5) is 13.1. The molecule has 5 rings (SSSR count). The molecule has 0 radical (unpaired) electrons. The lowest BCUT2D eigenvalue weighted by molar-refractivity contribution is -0.113. The van der Waals surface area contributed by atoms with Crippen molar-refractivity contribution < 1.29 is 22.7 Å². The lowest BCUT2D eigenvalue weighted by Crippen LogP contribution is -2.27. The number of hydrogen-bond donors (Lipinski definition) is 1. The van der Waals surface area contributed by atoms with E-state index >= 15 is 0 Å². The average molecular weight is 580 g/mol. The number of benzene rings is 3. The molecule has 10 nitrogen and oxygen atoms in total. The SMILES string of the molecule is COc1ccc(NC(=O)CSc2nnc(-c3cccc(S(=O)(=O)N4CCCC4)c3)n2-c2ccccc2)c(OC)c1. The van der Waals surface area contributed by atoms with Crippen LogP contribution in [-0.4, -0.2) is 66.5 Å². The maximum absolute atomic E-state index is 13.2. The van der Waals surface area contributed by atoms with Crippen LogP contribution >= 0.6 is 11.8 Å². The predicted octanol–water partition coefficient (Wildman–Crippen LogP) is 4.47. The zero-order valence-corrected chi connectivity index (χ0v) is 23.7. The first-order valence-corrected chi connectivity index (χ1v) is 15.1. The number of hydrogen-bond acceptors (Lipinski definition) is 8. The summed E-state index contributed by atoms with van der Waals surface area (Å²) in [5.74, 6) is 1.38. The third-order valence-corrected chi connectivity index (χ3v) is 9.28. The molecular formula is C28H29N5O5S2. The number of anilines is 1. The van der Waals surface area contributed by atoms with Crippen molar-refractivity contribution in [3.8, 4) is 28.6 Å². The smallest absolute Gasteiger partial charge is 0.243 e. The lowest BCUT2D eigenvalue weighted by Gasteiger charge is -2.16. The summed E-state index contributed by atoms with van der Waals surface area (Å²) in [7, 11) is -0.520. The molecule has 4 aromatic rings. The number of para-hydroxylation sites is 1. The van der Waals surface area contributed by atoms with Gasteiger partial charge in [0.1, 0.15) is 11.5 Å². The van der Waals surface area contributed by atoms with Gasteiger partial charge in [-0.05, 0) is 49.2 Å². The summed E-state index contributed by atoms with van der Waals surface area (Å²) >= 11 is 1.22. The molecular weight excluding hydrogens is 550 g/mol. The molecule has 0 saturated carbocycles. The van der Waals surface area contributed by atoms with Gasteiger partial charge in [-0.2, -0.15) is 4.31 Å². The van der Waals surface area contributed by atoms with Gasteiger partial charge in [-0.25, -0.2) is 8.42 Å². The molecule has 1 saturated heterocycles. The molecule has 0 bridgehead atoms. The van der Waals surface area contributed by atoms with Crippen LogP contribution in [0.25, 0.3) is 17.1 Å². The first-order valence-electron chi connectivity index (χ1n) is 12.7. The normalized spacial score (nSPS) is 13.8. The molecule has 1 fully saturated rings. The van der Waals surface area contributed by atoms with E-state index in [1.165, 1.54) is 23.2 Å². The van der Waals surface area contributed by atoms with Gasteiger partial charge in [-0.1, -0.05) is 42.1 Å². The third-order valence-electron chi connectivity index (χ3n) is 6.46. The van der Waals surface area contributed by atoms with E-state index in [9.17, 15) is 13.2 Å². The number of rotatable bonds is 10. The Labute approximate surface area is 237 Å². The van der Waals surface area contributed by atoms with Gasteiger partial charge in [0.25, 0.3) is 0 Å². The van der Waals surface area contributed by atoms with Crippen LogP contribution in [0.2, 0.25) is 0 Å². The maximum atomic E-state index is 13.2. The molecule has 208 valence electrons. The van der Waals surface area contributed by atoms with Gasteiger partial charge in [0.2, 0.25) is 15.9 Å². The summed E-state index contributed by atoms with van der Waals surface area (Å²) in [5.41, 5.74) is 1.92. The molecule has 12 heteroatoms. The Balaban J connectivity index is 1.42. The van der Waals surface area contributed by atoms with Crippen molar-refractivity contribution in [2.24, 2.45) is 0 Å². The van der Waals surface area contributed by atoms with Crippen molar-refractivity contribution in [3.63, 3.8) is 0 Å². The molecule has 40 heavy (non-hydrogen) atoms. The van der Waals surface area contributed by atoms with Crippen molar-refractivity contribution in [3.05, 3.63) is 72.8 Å². The van der Waals surface area contributed by atoms with Crippen LogP contribution in [0.3, 0.4) is 0 Å². The van der Waals surface area contributed by atoms with Gasteiger partial charge >= 0.3 is 0 Å². The lowest BCUT2D eigenvalue weighted by atomic mass is 10.2. The number of methoxy groups -OCH3 is 2. The minimum absolute atomic E-state index is 0.0591. The fourth-order valence-corrected chi connectivity index (χ4v) is 6.77. The number of nitrogens with one attached hydrogen (secondary N) is 1. The van der Waals surface area contributed by atoms with Crippen molar-refractivity contribution in [2.45, 2.75) is 22.9 Å². The second-order valence-corrected chi connectivity index (χ2v) is 11.9. The number of carbonyl (C=O) groups is 1. The number of aromatic nitrogens is 3. The van der Waals surface area contributed by atoms with Crippen molar-refractivity contribution in [2.75, 3.05) is 38.4 Å². The molecule has 1 N–H and O–H groups in total. The Morgan fingerprint density at radius 2 is 1.73 bits per heavy atom. The molecule has 0 unspecified atom stereocenters. The molecule has 1 aliphatic heterocycles. The quantitative estimate of drug-likeness (QED) is 0.274. The summed E-state index contributed by atoms with van der Waals surface area (Å²) < 4.78 is 40.3. The first kappa shape index (κ1) is 27.7. The molecule has 1 aliphatic rings. The number of amides is 1. The Kier molecular flexibility index (Phi) is 8.38. The van der Waals surface area contributed by atoms with Crippen molar-refractivity contribution >= 4 is 33.4 Å². The second-order valence-electron chi connectivity index (χ2n) is 9.02. The van der Waals surface area contributed by atoms with Crippen LogP contribution in [-0.2, 0) is 14.8 Å². The van der Waals surface area contributed by atoms with E-state index in [-0.39, 0.29) is 16.6 Å². The fraction of sp³-hybridized carbons (Fsp3) is 0.250. The minimum Gasteiger partial charge on any atom is -0.497 e. The van der Waals surface area contributed by atoms with Crippen LogP contribution in [0.5, 0.6) is 11.5 Å². The monoisotopic (exact) mass is 579 g/mol. The van der Waals surface area contributed by atoms with Crippen molar-refractivity contribution in [1.29, 1.82) is 0 Å². The maximum Gasteiger partial charge on any atom is 0.243 e. The molecule has 0 aliphatic carbocycles. The summed E-state index contributed by atoms with van der Waals surface area (Å²) in [6.45, 7) is 1.05. The molecule has 1 aromatic heterocycles. The minimum atomic E-state index is -3.60. The second kappa shape index (κ2) is 12.1. The Morgan fingerprint density at radius 1 is 0.950 bits per heavy atom. The fourth-order valence-electron chi connectivity index (χ4n) is 4.45. The standard InChI is InChI=1S/C28H29N5O5S2/c1-37-22-13-14-24(25(18-22)38-2)29-26(34)19-39-28-31-30-27(33(28)21-10-4-3-5-11-21)20-9-8-12-23(17-20)40(35,36)32-15-6-7-16-32/h3-5,8-14,17-18H,6-7,15-16,19H2,1-2H3,(H,29,34). The Hall–Kier alpha value is -3.87. The first-order chi connectivity index (χ1) is 19.4. The van der Waals surface area contributed by atoms with E-state index in [2.05, 4.69) is 15.5 Å². The van der Waals surface area contributed by atoms with Gasteiger partial charge in [0.05, 0.1) is 30.6 Å². The third kappa shape index (κ3) is 5.83. The van der Waals surface area contributed by atoms with Gasteiger partial charge in [-0.3, -0.25) is 9.36 Å². The molecule has 1 amide bonds. The number of nitrogens with zero attached hydrogens (tertiary/aromatic N) is 4. The number of ether oxygens (including phenoxy) is 2. The summed E-state index contributed by atoms with van der Waals surface area (Å²) in [6, 6.07) is 21.4. The topological polar surface area (TPSA) is 116 Å². The van der Waals surface area contributed by atoms with Gasteiger partial charge in [0.15, 0.2) is 11.0 Å². The number of sulfonamides is 1. The summed E-state index contributed by atoms with van der Waals surface area (Å²) in [5, 5.41) is 12.1. The predicted molar refractivity (Wildman–Crippen MR) is 154 cm³/mol.